The van der Waals surface area contributed by atoms with Crippen LogP contribution in [0.5, 0.6) is 0 Å². The molecule has 0 unspecified atom stereocenters. The Morgan fingerprint density at radius 1 is 0.433 bits per heavy atom. The van der Waals surface area contributed by atoms with Gasteiger partial charge in [0, 0.05) is 71.7 Å². The van der Waals surface area contributed by atoms with Crippen molar-refractivity contribution >= 4 is 128 Å². The number of benzene rings is 8. The van der Waals surface area contributed by atoms with E-state index < -0.39 is 39.1 Å². The Hall–Kier alpha value is -7.77. The third kappa shape index (κ3) is 16.6. The molecule has 0 bridgehead atoms. The van der Waals surface area contributed by atoms with Crippen molar-refractivity contribution in [2.45, 2.75) is 66.0 Å². The zero-order valence-corrected chi connectivity index (χ0v) is 55.4. The van der Waals surface area contributed by atoms with Crippen molar-refractivity contribution in [3.8, 4) is 0 Å². The molecule has 0 amide bonds. The number of thioether (sulfide) groups is 1. The number of nitrogens with zero attached hydrogens (tertiary/aromatic N) is 3. The van der Waals surface area contributed by atoms with E-state index in [1.54, 1.807) is 171 Å². The number of hydrogen-bond donors (Lipinski definition) is 1. The van der Waals surface area contributed by atoms with Crippen LogP contribution >= 0.6 is 38.4 Å². The third-order valence-corrected chi connectivity index (χ3v) is 22.8. The first kappa shape index (κ1) is 68.1. The molecule has 0 aromatic heterocycles. The van der Waals surface area contributed by atoms with Crippen LogP contribution < -0.4 is 18.2 Å². The van der Waals surface area contributed by atoms with Crippen molar-refractivity contribution in [1.29, 1.82) is 0 Å². The molecule has 4 aliphatic heterocycles. The fourth-order valence-electron chi connectivity index (χ4n) is 10.0. The summed E-state index contributed by atoms with van der Waals surface area (Å²) < 4.78 is 102. The van der Waals surface area contributed by atoms with Crippen molar-refractivity contribution < 1.29 is 57.6 Å². The molecule has 4 heterocycles. The lowest BCUT2D eigenvalue weighted by atomic mass is 10.1. The lowest BCUT2D eigenvalue weighted by Crippen LogP contribution is -2.29. The smallest absolute Gasteiger partial charge is 0.264 e. The molecule has 8 aromatic rings. The number of nitrogens with one attached hydrogen (secondary N) is 1. The highest BCUT2D eigenvalue weighted by molar-refractivity contribution is 9.09. The van der Waals surface area contributed by atoms with Gasteiger partial charge in [-0.2, -0.15) is 0 Å². The normalized spacial score (nSPS) is 13.5. The van der Waals surface area contributed by atoms with E-state index in [1.807, 2.05) is 18.2 Å². The van der Waals surface area contributed by atoms with E-state index in [-0.39, 0.29) is 58.9 Å². The van der Waals surface area contributed by atoms with Gasteiger partial charge in [0.1, 0.15) is 0 Å². The summed E-state index contributed by atoms with van der Waals surface area (Å²) in [5.74, 6) is 0.0894. The van der Waals surface area contributed by atoms with Crippen LogP contribution in [0.25, 0.3) is 0 Å². The molecule has 12 rings (SSSR count). The van der Waals surface area contributed by atoms with Gasteiger partial charge in [-0.1, -0.05) is 100 Å². The minimum Gasteiger partial charge on any atom is -0.384 e. The van der Waals surface area contributed by atoms with Crippen molar-refractivity contribution in [1.82, 2.24) is 0 Å². The molecule has 0 fully saturated rings. The Bertz CT molecular complexity index is 4460. The largest absolute Gasteiger partial charge is 0.384 e. The van der Waals surface area contributed by atoms with E-state index in [4.69, 9.17) is 10.7 Å². The van der Waals surface area contributed by atoms with Gasteiger partial charge in [0.25, 0.3) is 39.1 Å². The molecule has 0 radical (unpaired) electrons. The molecule has 4 aliphatic rings. The van der Waals surface area contributed by atoms with E-state index in [0.717, 1.165) is 47.0 Å². The van der Waals surface area contributed by atoms with E-state index in [0.29, 0.717) is 72.6 Å². The van der Waals surface area contributed by atoms with Crippen LogP contribution in [0, 0.1) is 0 Å². The van der Waals surface area contributed by atoms with E-state index in [9.17, 15) is 57.6 Å². The average Bonchev–Trinajstić information content (AvgIpc) is 1.67. The standard InChI is InChI=1S/C18H17NO4S2.C16H14BrNO3S.C16H15NO3S.C10H11NO.C6H5ClO2S/c1-13(20)24-12-18(21)15-7-8-17-14(11-15)9-10-19(17)25(22,23)16-5-3-2-4-6-16;17-11-16(19)13-6-7-15-12(10-13)8-9-18(15)22(20,21)14-4-2-1-3-5-14;1-12(18)13-7-8-16-14(11-13)9-10-17(16)21(19,20)15-5-3-2-4-6-15;1-7(12)8-2-3-10-9(6-8)4-5-11-10;7-10(8,9)6-4-2-1-3-5-6/h2-8,11H,9-10,12H2,1H3;1-7,10H,8-9,11H2;2-8,11H,9-10H2,1H3;2-3,6,11H,4-5H2,1H3;1-5H. The number of fused-ring (bicyclic) bond motifs is 4. The molecule has 24 heteroatoms. The summed E-state index contributed by atoms with van der Waals surface area (Å²) in [5.41, 5.74) is 9.57. The van der Waals surface area contributed by atoms with Gasteiger partial charge < -0.3 is 5.32 Å². The molecule has 0 spiro atoms. The first-order valence-electron chi connectivity index (χ1n) is 28.1. The molecule has 0 saturated carbocycles. The van der Waals surface area contributed by atoms with Gasteiger partial charge in [-0.15, -0.1) is 0 Å². The van der Waals surface area contributed by atoms with Crippen LogP contribution in [0.3, 0.4) is 0 Å². The van der Waals surface area contributed by atoms with E-state index >= 15 is 0 Å². The molecular weight excluding hydrogens is 1330 g/mol. The average molecular weight is 1390 g/mol. The molecular formula is C66H62BrClN4O13S5. The lowest BCUT2D eigenvalue weighted by Gasteiger charge is -2.19. The molecule has 468 valence electrons. The SMILES string of the molecule is CC(=O)SCC(=O)c1ccc2c(c1)CCN2S(=O)(=O)c1ccccc1.CC(=O)c1ccc2c(c1)CCN2.CC(=O)c1ccc2c(c1)CCN2S(=O)(=O)c1ccccc1.O=C(CBr)c1ccc2c(c1)CCN2S(=O)(=O)c1ccccc1.O=S(=O)(Cl)c1ccccc1. The van der Waals surface area contributed by atoms with Crippen molar-refractivity contribution in [2.24, 2.45) is 0 Å². The van der Waals surface area contributed by atoms with Gasteiger partial charge in [0.05, 0.1) is 47.7 Å². The molecule has 0 atom stereocenters. The van der Waals surface area contributed by atoms with Crippen LogP contribution in [0.2, 0.25) is 0 Å². The Balaban J connectivity index is 0.000000150. The minimum atomic E-state index is -3.61. The van der Waals surface area contributed by atoms with E-state index in [2.05, 4.69) is 21.2 Å². The number of carbonyl (C=O) groups excluding carboxylic acids is 5. The zero-order chi connectivity index (χ0) is 65.0. The number of sulfonamides is 3. The first-order chi connectivity index (χ1) is 42.8. The third-order valence-electron chi connectivity index (χ3n) is 14.6. The fourth-order valence-corrected chi connectivity index (χ4v) is 16.2. The first-order valence-corrected chi connectivity index (χ1v) is 36.8. The second-order valence-electron chi connectivity index (χ2n) is 20.6. The maximum atomic E-state index is 12.8. The van der Waals surface area contributed by atoms with Gasteiger partial charge in [0.15, 0.2) is 28.2 Å². The second-order valence-corrected chi connectivity index (χ2v) is 30.5. The van der Waals surface area contributed by atoms with Crippen molar-refractivity contribution in [3.63, 3.8) is 0 Å². The molecule has 17 nitrogen and oxygen atoms in total. The number of halogens is 2. The van der Waals surface area contributed by atoms with Crippen molar-refractivity contribution in [2.75, 3.05) is 55.5 Å². The topological polar surface area (TPSA) is 244 Å². The summed E-state index contributed by atoms with van der Waals surface area (Å²) in [4.78, 5) is 58.3. The Kier molecular flexibility index (Phi) is 22.6. The van der Waals surface area contributed by atoms with Crippen LogP contribution in [0.1, 0.15) is 84.5 Å². The summed E-state index contributed by atoms with van der Waals surface area (Å²) >= 11 is 4.13. The monoisotopic (exact) mass is 1390 g/mol. The van der Waals surface area contributed by atoms with Gasteiger partial charge in [0.2, 0.25) is 0 Å². The Morgan fingerprint density at radius 2 is 0.767 bits per heavy atom. The number of ketones is 4. The molecule has 90 heavy (non-hydrogen) atoms. The van der Waals surface area contributed by atoms with Crippen LogP contribution in [0.4, 0.5) is 22.7 Å². The number of rotatable bonds is 14. The number of Topliss-reactive ketones (excluding diaryl/α,β-unsaturated/α-hetero) is 4. The Morgan fingerprint density at radius 3 is 1.11 bits per heavy atom. The number of hydrogen-bond acceptors (Lipinski definition) is 15. The second kappa shape index (κ2) is 29.9. The summed E-state index contributed by atoms with van der Waals surface area (Å²) in [6.45, 7) is 6.70. The van der Waals surface area contributed by atoms with Gasteiger partial charge in [-0.3, -0.25) is 36.9 Å². The zero-order valence-electron chi connectivity index (χ0n) is 49.0. The summed E-state index contributed by atoms with van der Waals surface area (Å²) in [7, 11) is -9.20. The quantitative estimate of drug-likeness (QED) is 0.0604. The van der Waals surface area contributed by atoms with Crippen LogP contribution in [0.15, 0.2) is 214 Å². The van der Waals surface area contributed by atoms with Gasteiger partial charge in [-0.05, 0) is 183 Å². The predicted octanol–water partition coefficient (Wildman–Crippen LogP) is 12.0. The maximum absolute atomic E-state index is 12.8. The molecule has 1 N–H and O–H groups in total. The summed E-state index contributed by atoms with van der Waals surface area (Å²) in [5, 5.41) is 3.41. The van der Waals surface area contributed by atoms with Crippen LogP contribution in [-0.4, -0.2) is 99.2 Å². The summed E-state index contributed by atoms with van der Waals surface area (Å²) in [6, 6.07) is 54.2. The number of carbonyl (C=O) groups is 5. The van der Waals surface area contributed by atoms with Gasteiger partial charge in [-0.25, -0.2) is 33.7 Å². The number of anilines is 4. The van der Waals surface area contributed by atoms with E-state index in [1.165, 1.54) is 50.1 Å². The van der Waals surface area contributed by atoms with Gasteiger partial charge >= 0.3 is 0 Å². The highest BCUT2D eigenvalue weighted by Crippen LogP contribution is 2.37. The maximum Gasteiger partial charge on any atom is 0.264 e. The summed E-state index contributed by atoms with van der Waals surface area (Å²) in [6.07, 6.45) is 2.84. The highest BCUT2D eigenvalue weighted by Gasteiger charge is 2.34. The number of alkyl halides is 1. The molecule has 0 saturated heterocycles. The minimum absolute atomic E-state index is 0.00725. The van der Waals surface area contributed by atoms with Crippen molar-refractivity contribution in [3.05, 3.63) is 239 Å². The Labute approximate surface area is 542 Å². The van der Waals surface area contributed by atoms with Crippen LogP contribution in [-0.2, 0) is 69.6 Å². The molecule has 8 aromatic carbocycles. The molecule has 0 aliphatic carbocycles. The highest BCUT2D eigenvalue weighted by atomic mass is 79.9. The lowest BCUT2D eigenvalue weighted by molar-refractivity contribution is -0.109. The predicted molar refractivity (Wildman–Crippen MR) is 357 cm³/mol. The fraction of sp³-hybridized carbons (Fsp3) is 0.197.